The van der Waals surface area contributed by atoms with Crippen molar-refractivity contribution >= 4 is 5.91 Å². The van der Waals surface area contributed by atoms with Gasteiger partial charge in [0.25, 0.3) is 0 Å². The van der Waals surface area contributed by atoms with Gasteiger partial charge in [0.15, 0.2) is 0 Å². The van der Waals surface area contributed by atoms with E-state index in [2.05, 4.69) is 5.48 Å². The topological polar surface area (TPSA) is 38.3 Å². The molecule has 0 atom stereocenters. The van der Waals surface area contributed by atoms with E-state index in [4.69, 9.17) is 4.84 Å². The lowest BCUT2D eigenvalue weighted by Gasteiger charge is -2.20. The quantitative estimate of drug-likeness (QED) is 0.655. The third-order valence-electron chi connectivity index (χ3n) is 2.26. The minimum Gasteiger partial charge on any atom is -0.273 e. The molecule has 0 aliphatic heterocycles. The maximum atomic E-state index is 10.4. The Hall–Kier alpha value is -0.570. The number of hydrogen-bond acceptors (Lipinski definition) is 2. The molecule has 3 heteroatoms. The zero-order valence-electron chi connectivity index (χ0n) is 7.64. The molecule has 1 fully saturated rings. The van der Waals surface area contributed by atoms with Crippen LogP contribution in [0.25, 0.3) is 0 Å². The van der Waals surface area contributed by atoms with Crippen molar-refractivity contribution in [3.63, 3.8) is 0 Å². The molecule has 0 heterocycles. The van der Waals surface area contributed by atoms with Crippen LogP contribution in [0.15, 0.2) is 0 Å². The summed E-state index contributed by atoms with van der Waals surface area (Å²) in [5, 5.41) is 0. The summed E-state index contributed by atoms with van der Waals surface area (Å²) in [5.41, 5.74) is 2.35. The van der Waals surface area contributed by atoms with Crippen LogP contribution in [0.4, 0.5) is 0 Å². The molecule has 0 aromatic rings. The van der Waals surface area contributed by atoms with Gasteiger partial charge in [0.05, 0.1) is 6.61 Å². The van der Waals surface area contributed by atoms with E-state index in [0.29, 0.717) is 12.5 Å². The molecule has 0 saturated heterocycles. The third-order valence-corrected chi connectivity index (χ3v) is 2.26. The highest BCUT2D eigenvalue weighted by Crippen LogP contribution is 2.23. The second-order valence-corrected chi connectivity index (χ2v) is 3.47. The number of hydrogen-bond donors (Lipinski definition) is 1. The predicted molar refractivity (Wildman–Crippen MR) is 46.3 cm³/mol. The second kappa shape index (κ2) is 5.14. The highest BCUT2D eigenvalue weighted by atomic mass is 16.6. The van der Waals surface area contributed by atoms with Gasteiger partial charge in [-0.1, -0.05) is 19.3 Å². The number of hydroxylamine groups is 1. The van der Waals surface area contributed by atoms with Gasteiger partial charge in [-0.2, -0.15) is 0 Å². The predicted octanol–water partition coefficient (Wildman–Crippen LogP) is 1.63. The summed E-state index contributed by atoms with van der Waals surface area (Å²) in [6.45, 7) is 2.14. The fraction of sp³-hybridized carbons (Fsp3) is 0.889. The molecule has 1 aliphatic rings. The van der Waals surface area contributed by atoms with Crippen LogP contribution in [-0.2, 0) is 9.63 Å². The Morgan fingerprint density at radius 1 is 1.42 bits per heavy atom. The lowest BCUT2D eigenvalue weighted by Crippen LogP contribution is -2.24. The molecule has 12 heavy (non-hydrogen) atoms. The smallest absolute Gasteiger partial charge is 0.240 e. The Morgan fingerprint density at radius 2 is 2.08 bits per heavy atom. The van der Waals surface area contributed by atoms with E-state index < -0.39 is 0 Å². The molecule has 1 amide bonds. The lowest BCUT2D eigenvalue weighted by atomic mass is 9.90. The Balaban J connectivity index is 2.01. The van der Waals surface area contributed by atoms with Crippen molar-refractivity contribution in [1.82, 2.24) is 5.48 Å². The van der Waals surface area contributed by atoms with Crippen LogP contribution >= 0.6 is 0 Å². The second-order valence-electron chi connectivity index (χ2n) is 3.47. The van der Waals surface area contributed by atoms with Crippen LogP contribution in [0.1, 0.15) is 39.0 Å². The minimum atomic E-state index is -0.120. The van der Waals surface area contributed by atoms with Gasteiger partial charge in [-0.3, -0.25) is 9.63 Å². The number of carbonyl (C=O) groups excluding carboxylic acids is 1. The monoisotopic (exact) mass is 171 g/mol. The van der Waals surface area contributed by atoms with Gasteiger partial charge in [-0.05, 0) is 18.8 Å². The summed E-state index contributed by atoms with van der Waals surface area (Å²) in [6.07, 6.45) is 6.48. The van der Waals surface area contributed by atoms with Crippen molar-refractivity contribution in [3.05, 3.63) is 0 Å². The first-order chi connectivity index (χ1) is 5.79. The standard InChI is InChI=1S/C9H17NO2/c1-8(11)10-12-7-9-5-3-2-4-6-9/h9H,2-7H2,1H3,(H,10,11). The van der Waals surface area contributed by atoms with Crippen LogP contribution in [0.5, 0.6) is 0 Å². The Kier molecular flexibility index (Phi) is 4.08. The Morgan fingerprint density at radius 3 is 2.67 bits per heavy atom. The molecule has 0 radical (unpaired) electrons. The Labute approximate surface area is 73.4 Å². The maximum absolute atomic E-state index is 10.4. The van der Waals surface area contributed by atoms with Gasteiger partial charge in [0.2, 0.25) is 5.91 Å². The molecule has 70 valence electrons. The van der Waals surface area contributed by atoms with Gasteiger partial charge < -0.3 is 0 Å². The van der Waals surface area contributed by atoms with Gasteiger partial charge >= 0.3 is 0 Å². The molecule has 0 spiro atoms. The summed E-state index contributed by atoms with van der Waals surface area (Å²) in [5.74, 6) is 0.538. The van der Waals surface area contributed by atoms with Crippen molar-refractivity contribution in [2.45, 2.75) is 39.0 Å². The average Bonchev–Trinajstić information content (AvgIpc) is 2.05. The SMILES string of the molecule is CC(=O)NOCC1CCCCC1. The molecular formula is C9H17NO2. The molecule has 1 aliphatic carbocycles. The number of carbonyl (C=O) groups is 1. The van der Waals surface area contributed by atoms with Crippen molar-refractivity contribution in [1.29, 1.82) is 0 Å². The van der Waals surface area contributed by atoms with Crippen LogP contribution in [0.2, 0.25) is 0 Å². The number of nitrogens with one attached hydrogen (secondary N) is 1. The van der Waals surface area contributed by atoms with Crippen molar-refractivity contribution in [2.75, 3.05) is 6.61 Å². The molecule has 0 unspecified atom stereocenters. The minimum absolute atomic E-state index is 0.120. The Bertz CT molecular complexity index is 141. The molecule has 0 bridgehead atoms. The summed E-state index contributed by atoms with van der Waals surface area (Å²) in [7, 11) is 0. The van der Waals surface area contributed by atoms with E-state index in [9.17, 15) is 4.79 Å². The first-order valence-electron chi connectivity index (χ1n) is 4.67. The highest BCUT2D eigenvalue weighted by molar-refractivity contribution is 5.71. The van der Waals surface area contributed by atoms with Gasteiger partial charge in [-0.25, -0.2) is 5.48 Å². The zero-order chi connectivity index (χ0) is 8.81. The number of rotatable bonds is 3. The van der Waals surface area contributed by atoms with Crippen molar-refractivity contribution in [2.24, 2.45) is 5.92 Å². The van der Waals surface area contributed by atoms with Crippen molar-refractivity contribution < 1.29 is 9.63 Å². The summed E-state index contributed by atoms with van der Waals surface area (Å²) in [4.78, 5) is 15.5. The van der Waals surface area contributed by atoms with E-state index in [1.165, 1.54) is 39.0 Å². The van der Waals surface area contributed by atoms with Crippen LogP contribution < -0.4 is 5.48 Å². The molecule has 3 nitrogen and oxygen atoms in total. The molecule has 1 N–H and O–H groups in total. The van der Waals surface area contributed by atoms with Gasteiger partial charge in [0, 0.05) is 6.92 Å². The summed E-state index contributed by atoms with van der Waals surface area (Å²) < 4.78 is 0. The van der Waals surface area contributed by atoms with Gasteiger partial charge in [0.1, 0.15) is 0 Å². The zero-order valence-corrected chi connectivity index (χ0v) is 7.64. The number of amides is 1. The molecule has 1 rings (SSSR count). The van der Waals surface area contributed by atoms with E-state index >= 15 is 0 Å². The maximum Gasteiger partial charge on any atom is 0.240 e. The van der Waals surface area contributed by atoms with Crippen LogP contribution in [0, 0.1) is 5.92 Å². The fourth-order valence-corrected chi connectivity index (χ4v) is 1.61. The van der Waals surface area contributed by atoms with Crippen molar-refractivity contribution in [3.8, 4) is 0 Å². The normalized spacial score (nSPS) is 19.1. The molecule has 0 aromatic carbocycles. The first kappa shape index (κ1) is 9.52. The van der Waals surface area contributed by atoms with E-state index in [0.717, 1.165) is 0 Å². The van der Waals surface area contributed by atoms with Gasteiger partial charge in [-0.15, -0.1) is 0 Å². The van der Waals surface area contributed by atoms with E-state index in [1.807, 2.05) is 0 Å². The fourth-order valence-electron chi connectivity index (χ4n) is 1.61. The molecular weight excluding hydrogens is 154 g/mol. The van der Waals surface area contributed by atoms with E-state index in [1.54, 1.807) is 0 Å². The van der Waals surface area contributed by atoms with Crippen LogP contribution in [-0.4, -0.2) is 12.5 Å². The van der Waals surface area contributed by atoms with Crippen LogP contribution in [0.3, 0.4) is 0 Å². The highest BCUT2D eigenvalue weighted by Gasteiger charge is 2.13. The average molecular weight is 171 g/mol. The largest absolute Gasteiger partial charge is 0.273 e. The third kappa shape index (κ3) is 3.72. The molecule has 1 saturated carbocycles. The summed E-state index contributed by atoms with van der Waals surface area (Å²) in [6, 6.07) is 0. The summed E-state index contributed by atoms with van der Waals surface area (Å²) >= 11 is 0. The molecule has 0 aromatic heterocycles. The first-order valence-corrected chi connectivity index (χ1v) is 4.67. The lowest BCUT2D eigenvalue weighted by molar-refractivity contribution is -0.132. The van der Waals surface area contributed by atoms with E-state index in [-0.39, 0.29) is 5.91 Å².